The molecule has 0 bridgehead atoms. The highest BCUT2D eigenvalue weighted by Gasteiger charge is 2.26. The fraction of sp³-hybridized carbons (Fsp3) is 0.348. The van der Waals surface area contributed by atoms with Gasteiger partial charge in [-0.15, -0.1) is 0 Å². The maximum absolute atomic E-state index is 13.9. The smallest absolute Gasteiger partial charge is 0.258 e. The van der Waals surface area contributed by atoms with E-state index in [1.807, 2.05) is 20.8 Å². The normalized spacial score (nSPS) is 14.0. The molecule has 0 atom stereocenters. The number of anilines is 1. The van der Waals surface area contributed by atoms with Gasteiger partial charge in [0.1, 0.15) is 5.82 Å². The quantitative estimate of drug-likeness (QED) is 0.839. The van der Waals surface area contributed by atoms with E-state index in [4.69, 9.17) is 0 Å². The van der Waals surface area contributed by atoms with Crippen molar-refractivity contribution in [3.05, 3.63) is 65.0 Å². The molecule has 1 fully saturated rings. The molecule has 6 nitrogen and oxygen atoms in total. The summed E-state index contributed by atoms with van der Waals surface area (Å²) in [6.45, 7) is 7.47. The van der Waals surface area contributed by atoms with Gasteiger partial charge < -0.3 is 15.1 Å². The maximum atomic E-state index is 13.9. The molecular weight excluding hydrogens is 385 g/mol. The number of benzene rings is 2. The molecule has 1 N–H and O–H groups in total. The summed E-state index contributed by atoms with van der Waals surface area (Å²) in [5, 5.41) is 2.70. The molecule has 0 radical (unpaired) electrons. The van der Waals surface area contributed by atoms with Gasteiger partial charge in [0.05, 0.1) is 5.56 Å². The van der Waals surface area contributed by atoms with Crippen LogP contribution in [0.15, 0.2) is 42.5 Å². The summed E-state index contributed by atoms with van der Waals surface area (Å²) in [6.07, 6.45) is 0. The average Bonchev–Trinajstić information content (AvgIpc) is 2.74. The minimum absolute atomic E-state index is 0.0560. The lowest BCUT2D eigenvalue weighted by atomic mass is 10.1. The summed E-state index contributed by atoms with van der Waals surface area (Å²) < 4.78 is 13.9. The van der Waals surface area contributed by atoms with Crippen LogP contribution in [0.4, 0.5) is 10.1 Å². The summed E-state index contributed by atoms with van der Waals surface area (Å²) in [7, 11) is 0. The largest absolute Gasteiger partial charge is 0.339 e. The van der Waals surface area contributed by atoms with E-state index in [9.17, 15) is 18.8 Å². The van der Waals surface area contributed by atoms with Gasteiger partial charge in [-0.3, -0.25) is 14.4 Å². The molecule has 0 spiro atoms. The molecule has 1 heterocycles. The van der Waals surface area contributed by atoms with Crippen LogP contribution < -0.4 is 5.32 Å². The number of aryl methyl sites for hydroxylation is 1. The molecule has 1 saturated heterocycles. The van der Waals surface area contributed by atoms with Crippen molar-refractivity contribution >= 4 is 23.4 Å². The second-order valence-corrected chi connectivity index (χ2v) is 7.74. The summed E-state index contributed by atoms with van der Waals surface area (Å²) in [5.74, 6) is -1.30. The molecule has 2 aromatic rings. The minimum atomic E-state index is -0.603. The van der Waals surface area contributed by atoms with Gasteiger partial charge in [-0.2, -0.15) is 0 Å². The van der Waals surface area contributed by atoms with Crippen molar-refractivity contribution in [1.82, 2.24) is 9.80 Å². The summed E-state index contributed by atoms with van der Waals surface area (Å²) in [5.41, 5.74) is 1.61. The fourth-order valence-electron chi connectivity index (χ4n) is 3.40. The van der Waals surface area contributed by atoms with Crippen LogP contribution in [0, 0.1) is 18.7 Å². The van der Waals surface area contributed by atoms with Crippen LogP contribution in [0.3, 0.4) is 0 Å². The first-order valence-electron chi connectivity index (χ1n) is 10.0. The zero-order valence-corrected chi connectivity index (χ0v) is 17.4. The predicted molar refractivity (Wildman–Crippen MR) is 113 cm³/mol. The summed E-state index contributed by atoms with van der Waals surface area (Å²) in [4.78, 5) is 41.0. The number of hydrogen-bond donors (Lipinski definition) is 1. The van der Waals surface area contributed by atoms with Crippen molar-refractivity contribution in [3.8, 4) is 0 Å². The van der Waals surface area contributed by atoms with Crippen LogP contribution in [0.25, 0.3) is 0 Å². The topological polar surface area (TPSA) is 69.7 Å². The molecule has 3 rings (SSSR count). The van der Waals surface area contributed by atoms with Crippen molar-refractivity contribution < 1.29 is 18.8 Å². The lowest BCUT2D eigenvalue weighted by molar-refractivity contribution is -0.135. The van der Waals surface area contributed by atoms with Gasteiger partial charge in [-0.1, -0.05) is 32.0 Å². The second kappa shape index (κ2) is 9.07. The van der Waals surface area contributed by atoms with E-state index < -0.39 is 11.7 Å². The highest BCUT2D eigenvalue weighted by atomic mass is 19.1. The molecule has 1 aliphatic rings. The third kappa shape index (κ3) is 4.67. The van der Waals surface area contributed by atoms with Gasteiger partial charge >= 0.3 is 0 Å². The fourth-order valence-corrected chi connectivity index (χ4v) is 3.40. The summed E-state index contributed by atoms with van der Waals surface area (Å²) in [6, 6.07) is 10.8. The third-order valence-corrected chi connectivity index (χ3v) is 5.22. The van der Waals surface area contributed by atoms with Crippen LogP contribution in [-0.2, 0) is 4.79 Å². The van der Waals surface area contributed by atoms with Crippen LogP contribution in [-0.4, -0.2) is 53.7 Å². The monoisotopic (exact) mass is 411 g/mol. The molecular formula is C23H26FN3O3. The first kappa shape index (κ1) is 21.5. The Labute approximate surface area is 175 Å². The summed E-state index contributed by atoms with van der Waals surface area (Å²) >= 11 is 0. The van der Waals surface area contributed by atoms with E-state index in [2.05, 4.69) is 5.32 Å². The number of carbonyl (C=O) groups excluding carboxylic acids is 3. The van der Waals surface area contributed by atoms with E-state index in [0.717, 1.165) is 5.56 Å². The van der Waals surface area contributed by atoms with Crippen LogP contribution in [0.2, 0.25) is 0 Å². The number of nitrogens with one attached hydrogen (secondary N) is 1. The van der Waals surface area contributed by atoms with Gasteiger partial charge in [0.15, 0.2) is 0 Å². The molecule has 3 amide bonds. The van der Waals surface area contributed by atoms with E-state index in [-0.39, 0.29) is 23.3 Å². The zero-order chi connectivity index (χ0) is 21.8. The Hall–Kier alpha value is -3.22. The first-order valence-corrected chi connectivity index (χ1v) is 10.0. The van der Waals surface area contributed by atoms with E-state index >= 15 is 0 Å². The molecule has 2 aromatic carbocycles. The van der Waals surface area contributed by atoms with Crippen molar-refractivity contribution in [2.75, 3.05) is 31.5 Å². The van der Waals surface area contributed by atoms with Crippen molar-refractivity contribution in [2.45, 2.75) is 20.8 Å². The number of halogens is 1. The number of hydrogen-bond acceptors (Lipinski definition) is 3. The van der Waals surface area contributed by atoms with E-state index in [1.54, 1.807) is 34.1 Å². The first-order chi connectivity index (χ1) is 14.3. The Balaban J connectivity index is 1.71. The van der Waals surface area contributed by atoms with Crippen molar-refractivity contribution in [2.24, 2.45) is 5.92 Å². The van der Waals surface area contributed by atoms with Crippen molar-refractivity contribution in [3.63, 3.8) is 0 Å². The number of amides is 3. The predicted octanol–water partition coefficient (Wildman–Crippen LogP) is 3.33. The molecule has 0 saturated carbocycles. The molecule has 158 valence electrons. The molecule has 0 unspecified atom stereocenters. The van der Waals surface area contributed by atoms with Gasteiger partial charge in [0.25, 0.3) is 11.8 Å². The Morgan fingerprint density at radius 3 is 2.23 bits per heavy atom. The molecule has 30 heavy (non-hydrogen) atoms. The number of rotatable bonds is 4. The van der Waals surface area contributed by atoms with Crippen LogP contribution in [0.5, 0.6) is 0 Å². The van der Waals surface area contributed by atoms with Gasteiger partial charge in [0, 0.05) is 43.3 Å². The standard InChI is InChI=1S/C23H26FN3O3/c1-15(2)22(29)26-10-12-27(13-11-26)23(30)17-9-8-16(3)20(14-17)25-21(28)18-6-4-5-7-19(18)24/h4-9,14-15H,10-13H2,1-3H3,(H,25,28). The Morgan fingerprint density at radius 1 is 0.967 bits per heavy atom. The minimum Gasteiger partial charge on any atom is -0.339 e. The SMILES string of the molecule is Cc1ccc(C(=O)N2CCN(C(=O)C(C)C)CC2)cc1NC(=O)c1ccccc1F. The molecule has 0 aliphatic carbocycles. The third-order valence-electron chi connectivity index (χ3n) is 5.22. The second-order valence-electron chi connectivity index (χ2n) is 7.74. The lowest BCUT2D eigenvalue weighted by Crippen LogP contribution is -2.51. The number of nitrogens with zero attached hydrogens (tertiary/aromatic N) is 2. The zero-order valence-electron chi connectivity index (χ0n) is 17.4. The molecule has 0 aromatic heterocycles. The Kier molecular flexibility index (Phi) is 6.50. The van der Waals surface area contributed by atoms with E-state index in [0.29, 0.717) is 37.4 Å². The van der Waals surface area contributed by atoms with Crippen LogP contribution >= 0.6 is 0 Å². The van der Waals surface area contributed by atoms with Crippen molar-refractivity contribution in [1.29, 1.82) is 0 Å². The van der Waals surface area contributed by atoms with Crippen LogP contribution in [0.1, 0.15) is 40.1 Å². The van der Waals surface area contributed by atoms with Gasteiger partial charge in [-0.05, 0) is 36.8 Å². The number of piperazine rings is 1. The maximum Gasteiger partial charge on any atom is 0.258 e. The highest BCUT2D eigenvalue weighted by Crippen LogP contribution is 2.20. The highest BCUT2D eigenvalue weighted by molar-refractivity contribution is 6.05. The van der Waals surface area contributed by atoms with E-state index in [1.165, 1.54) is 18.2 Å². The Bertz CT molecular complexity index is 966. The van der Waals surface area contributed by atoms with Gasteiger partial charge in [-0.25, -0.2) is 4.39 Å². The Morgan fingerprint density at radius 2 is 1.60 bits per heavy atom. The lowest BCUT2D eigenvalue weighted by Gasteiger charge is -2.35. The van der Waals surface area contributed by atoms with Gasteiger partial charge in [0.2, 0.25) is 5.91 Å². The molecule has 7 heteroatoms. The molecule has 1 aliphatic heterocycles. The number of carbonyl (C=O) groups is 3. The average molecular weight is 411 g/mol.